The minimum absolute atomic E-state index is 0.0531. The molecule has 0 radical (unpaired) electrons. The largest absolute Gasteiger partial charge is 0.334 e. The highest BCUT2D eigenvalue weighted by atomic mass is 35.5. The van der Waals surface area contributed by atoms with E-state index in [2.05, 4.69) is 44.2 Å². The highest BCUT2D eigenvalue weighted by molar-refractivity contribution is 7.99. The zero-order chi connectivity index (χ0) is 23.4. The molecule has 4 N–H and O–H groups in total. The predicted molar refractivity (Wildman–Crippen MR) is 136 cm³/mol. The quantitative estimate of drug-likeness (QED) is 0.142. The van der Waals surface area contributed by atoms with Crippen LogP contribution >= 0.6 is 35.0 Å². The van der Waals surface area contributed by atoms with Gasteiger partial charge in [0, 0.05) is 5.02 Å². The number of nitrogens with one attached hydrogen (secondary N) is 2. The second-order valence-corrected chi connectivity index (χ2v) is 8.79. The van der Waals surface area contributed by atoms with Crippen LogP contribution in [0.2, 0.25) is 10.0 Å². The fourth-order valence-electron chi connectivity index (χ4n) is 2.97. The third-order valence-corrected chi connectivity index (χ3v) is 6.20. The van der Waals surface area contributed by atoms with Crippen molar-refractivity contribution in [3.8, 4) is 0 Å². The molecule has 3 aromatic carbocycles. The number of rotatable bonds is 7. The summed E-state index contributed by atoms with van der Waals surface area (Å²) in [6, 6.07) is 19.1. The van der Waals surface area contributed by atoms with Crippen molar-refractivity contribution in [1.82, 2.24) is 14.9 Å². The number of halogens is 2. The van der Waals surface area contributed by atoms with Crippen LogP contribution in [-0.4, -0.2) is 32.2 Å². The number of nitrogen functional groups attached to an aromatic ring is 1. The maximum absolute atomic E-state index is 12.3. The van der Waals surface area contributed by atoms with E-state index >= 15 is 0 Å². The summed E-state index contributed by atoms with van der Waals surface area (Å²) in [7, 11) is 0. The lowest BCUT2D eigenvalue weighted by atomic mass is 10.0. The van der Waals surface area contributed by atoms with Gasteiger partial charge in [0.15, 0.2) is 0 Å². The van der Waals surface area contributed by atoms with Crippen molar-refractivity contribution in [3.63, 3.8) is 0 Å². The van der Waals surface area contributed by atoms with Crippen LogP contribution in [0.25, 0.3) is 10.8 Å². The number of nitrogens with two attached hydrogens (primary N) is 1. The average molecular weight is 500 g/mol. The third kappa shape index (κ3) is 5.57. The van der Waals surface area contributed by atoms with E-state index < -0.39 is 0 Å². The molecule has 4 aromatic rings. The SMILES string of the molecule is C/C(=N\Nc1nnc(SCC(=O)Nc2cc(Cl)ccc2Cl)n1N)c1ccc2ccccc2c1. The number of thioether (sulfide) groups is 1. The molecule has 0 aliphatic carbocycles. The number of aromatic nitrogens is 3. The number of anilines is 2. The topological polar surface area (TPSA) is 110 Å². The Kier molecular flexibility index (Phi) is 7.02. The predicted octanol–water partition coefficient (Wildman–Crippen LogP) is 5.02. The first kappa shape index (κ1) is 22.9. The number of hydrazone groups is 1. The lowest BCUT2D eigenvalue weighted by molar-refractivity contribution is -0.113. The van der Waals surface area contributed by atoms with Gasteiger partial charge in [0.1, 0.15) is 0 Å². The Balaban J connectivity index is 1.37. The molecule has 11 heteroatoms. The first-order chi connectivity index (χ1) is 15.9. The van der Waals surface area contributed by atoms with Crippen LogP contribution in [0.15, 0.2) is 70.9 Å². The van der Waals surface area contributed by atoms with Crippen LogP contribution in [0.1, 0.15) is 12.5 Å². The Morgan fingerprint density at radius 3 is 2.70 bits per heavy atom. The van der Waals surface area contributed by atoms with Gasteiger partial charge in [0.25, 0.3) is 5.95 Å². The van der Waals surface area contributed by atoms with Gasteiger partial charge < -0.3 is 11.2 Å². The van der Waals surface area contributed by atoms with Gasteiger partial charge in [-0.2, -0.15) is 5.10 Å². The summed E-state index contributed by atoms with van der Waals surface area (Å²) in [5.41, 5.74) is 4.99. The standard InChI is InChI=1S/C22H19Cl2N7OS/c1-13(15-7-6-14-4-2-3-5-16(14)10-15)27-28-21-29-30-22(31(21)25)33-12-20(32)26-19-11-17(23)8-9-18(19)24/h2-11H,12,25H2,1H3,(H,26,32)(H,28,29)/b27-13+. The van der Waals surface area contributed by atoms with E-state index in [1.54, 1.807) is 18.2 Å². The van der Waals surface area contributed by atoms with Crippen molar-refractivity contribution in [1.29, 1.82) is 0 Å². The molecule has 4 rings (SSSR count). The van der Waals surface area contributed by atoms with Crippen LogP contribution in [0.4, 0.5) is 11.6 Å². The van der Waals surface area contributed by atoms with E-state index in [0.717, 1.165) is 33.8 Å². The third-order valence-electron chi connectivity index (χ3n) is 4.69. The Hall–Kier alpha value is -3.27. The molecular weight excluding hydrogens is 481 g/mol. The zero-order valence-corrected chi connectivity index (χ0v) is 19.7. The molecule has 33 heavy (non-hydrogen) atoms. The van der Waals surface area contributed by atoms with E-state index in [9.17, 15) is 4.79 Å². The lowest BCUT2D eigenvalue weighted by Gasteiger charge is -2.07. The van der Waals surface area contributed by atoms with Crippen LogP contribution in [0.3, 0.4) is 0 Å². The van der Waals surface area contributed by atoms with Gasteiger partial charge in [-0.1, -0.05) is 71.4 Å². The van der Waals surface area contributed by atoms with Crippen molar-refractivity contribution in [2.75, 3.05) is 22.3 Å². The Bertz CT molecular complexity index is 1360. The molecule has 0 unspecified atom stereocenters. The molecule has 0 fully saturated rings. The van der Waals surface area contributed by atoms with Crippen molar-refractivity contribution < 1.29 is 4.79 Å². The number of carbonyl (C=O) groups is 1. The Morgan fingerprint density at radius 2 is 1.88 bits per heavy atom. The van der Waals surface area contributed by atoms with Crippen molar-refractivity contribution in [2.45, 2.75) is 12.1 Å². The van der Waals surface area contributed by atoms with Gasteiger partial charge in [-0.3, -0.25) is 4.79 Å². The molecule has 168 valence electrons. The van der Waals surface area contributed by atoms with Crippen LogP contribution in [-0.2, 0) is 4.79 Å². The molecular formula is C22H19Cl2N7OS. The summed E-state index contributed by atoms with van der Waals surface area (Å²) in [6.45, 7) is 1.88. The van der Waals surface area contributed by atoms with Crippen LogP contribution < -0.4 is 16.6 Å². The molecule has 8 nitrogen and oxygen atoms in total. The maximum Gasteiger partial charge on any atom is 0.264 e. The highest BCUT2D eigenvalue weighted by Crippen LogP contribution is 2.26. The number of fused-ring (bicyclic) bond motifs is 1. The van der Waals surface area contributed by atoms with Gasteiger partial charge in [-0.05, 0) is 47.5 Å². The van der Waals surface area contributed by atoms with Gasteiger partial charge in [-0.15, -0.1) is 10.2 Å². The molecule has 0 saturated carbocycles. The van der Waals surface area contributed by atoms with E-state index in [1.165, 1.54) is 4.68 Å². The van der Waals surface area contributed by atoms with Crippen molar-refractivity contribution in [3.05, 3.63) is 76.3 Å². The van der Waals surface area contributed by atoms with Crippen molar-refractivity contribution >= 4 is 69.0 Å². The summed E-state index contributed by atoms with van der Waals surface area (Å²) < 4.78 is 1.24. The molecule has 0 aliphatic heterocycles. The second kappa shape index (κ2) is 10.1. The number of hydrogen-bond acceptors (Lipinski definition) is 7. The summed E-state index contributed by atoms with van der Waals surface area (Å²) in [5, 5.41) is 18.6. The zero-order valence-electron chi connectivity index (χ0n) is 17.4. The van der Waals surface area contributed by atoms with E-state index in [4.69, 9.17) is 29.0 Å². The van der Waals surface area contributed by atoms with E-state index in [-0.39, 0.29) is 17.6 Å². The fourth-order valence-corrected chi connectivity index (χ4v) is 3.97. The number of benzene rings is 3. The van der Waals surface area contributed by atoms with Gasteiger partial charge in [-0.25, -0.2) is 10.1 Å². The first-order valence-corrected chi connectivity index (χ1v) is 11.5. The van der Waals surface area contributed by atoms with Crippen molar-refractivity contribution in [2.24, 2.45) is 5.10 Å². The molecule has 0 saturated heterocycles. The second-order valence-electron chi connectivity index (χ2n) is 7.01. The number of nitrogens with zero attached hydrogens (tertiary/aromatic N) is 4. The normalized spacial score (nSPS) is 11.5. The highest BCUT2D eigenvalue weighted by Gasteiger charge is 2.13. The Labute approximate surface area is 204 Å². The average Bonchev–Trinajstić information content (AvgIpc) is 3.17. The molecule has 1 aromatic heterocycles. The first-order valence-electron chi connectivity index (χ1n) is 9.78. The maximum atomic E-state index is 12.3. The van der Waals surface area contributed by atoms with Gasteiger partial charge in [0.2, 0.25) is 11.1 Å². The smallest absolute Gasteiger partial charge is 0.264 e. The molecule has 0 spiro atoms. The summed E-state index contributed by atoms with van der Waals surface area (Å²) in [5.74, 6) is 6.07. The van der Waals surface area contributed by atoms with Crippen LogP contribution in [0, 0.1) is 0 Å². The van der Waals surface area contributed by atoms with E-state index in [0.29, 0.717) is 20.9 Å². The lowest BCUT2D eigenvalue weighted by Crippen LogP contribution is -2.17. The number of hydrogen-bond donors (Lipinski definition) is 3. The number of carbonyl (C=O) groups excluding carboxylic acids is 1. The summed E-state index contributed by atoms with van der Waals surface area (Å²) in [4.78, 5) is 12.3. The molecule has 1 amide bonds. The minimum atomic E-state index is -0.285. The number of amides is 1. The molecule has 0 atom stereocenters. The van der Waals surface area contributed by atoms with E-state index in [1.807, 2.05) is 31.2 Å². The van der Waals surface area contributed by atoms with Gasteiger partial charge >= 0.3 is 0 Å². The summed E-state index contributed by atoms with van der Waals surface area (Å²) >= 11 is 13.1. The fraction of sp³-hybridized carbons (Fsp3) is 0.0909. The monoisotopic (exact) mass is 499 g/mol. The molecule has 0 bridgehead atoms. The minimum Gasteiger partial charge on any atom is -0.334 e. The van der Waals surface area contributed by atoms with Gasteiger partial charge in [0.05, 0.1) is 22.2 Å². The molecule has 0 aliphatic rings. The van der Waals surface area contributed by atoms with Crippen LogP contribution in [0.5, 0.6) is 0 Å². The summed E-state index contributed by atoms with van der Waals surface area (Å²) in [6.07, 6.45) is 0. The molecule has 1 heterocycles. The Morgan fingerprint density at radius 1 is 1.09 bits per heavy atom.